The first kappa shape index (κ1) is 47.5. The number of aliphatic hydroxyl groups excluding tert-OH is 1. The maximum absolute atomic E-state index is 12.4. The number of amides is 1. The normalized spacial score (nSPS) is 22.0. The van der Waals surface area contributed by atoms with E-state index in [1.54, 1.807) is 0 Å². The minimum Gasteiger partial charge on any atom is -0.409 e. The fraction of sp³-hybridized carbons (Fsp3) is 0.867. The molecule has 1 aliphatic heterocycles. The van der Waals surface area contributed by atoms with Crippen LogP contribution in [0.5, 0.6) is 0 Å². The molecule has 1 rings (SSSR count). The number of nitrogens with one attached hydrogen (secondary N) is 1. The van der Waals surface area contributed by atoms with Crippen LogP contribution in [0.4, 0.5) is 0 Å². The molecular weight excluding hydrogens is 646 g/mol. The monoisotopic (exact) mass is 708 g/mol. The van der Waals surface area contributed by atoms with Crippen LogP contribution in [0.1, 0.15) is 81.6 Å². The first-order valence-electron chi connectivity index (χ1n) is 15.9. The van der Waals surface area contributed by atoms with E-state index in [9.17, 15) is 9.90 Å². The summed E-state index contributed by atoms with van der Waals surface area (Å²) >= 11 is 0. The van der Waals surface area contributed by atoms with Gasteiger partial charge in [-0.05, 0) is 36.3 Å². The Balaban J connectivity index is -0.00000210. The molecule has 6 atom stereocenters. The van der Waals surface area contributed by atoms with E-state index in [0.717, 1.165) is 49.1 Å². The second kappa shape index (κ2) is 28.3. The van der Waals surface area contributed by atoms with Crippen LogP contribution in [0.15, 0.2) is 0 Å². The van der Waals surface area contributed by atoms with Crippen LogP contribution in [-0.2, 0) is 43.9 Å². The van der Waals surface area contributed by atoms with E-state index in [1.165, 1.54) is 6.92 Å². The molecular formula is C30H63N2NiO7PSi2. The molecule has 0 saturated carbocycles. The number of ether oxygens (including phenoxy) is 1. The molecule has 0 aromatic carbocycles. The third-order valence-corrected chi connectivity index (χ3v) is 17.5. The molecule has 1 heterocycles. The van der Waals surface area contributed by atoms with Crippen LogP contribution in [-0.4, -0.2) is 77.9 Å². The average Bonchev–Trinajstić information content (AvgIpc) is 2.99. The van der Waals surface area contributed by atoms with E-state index in [0.29, 0.717) is 13.0 Å². The smallest absolute Gasteiger partial charge is 0.409 e. The Labute approximate surface area is 278 Å². The summed E-state index contributed by atoms with van der Waals surface area (Å²) < 4.78 is 31.5. The van der Waals surface area contributed by atoms with Gasteiger partial charge in [0.2, 0.25) is 5.91 Å². The molecule has 43 heavy (non-hydrogen) atoms. The van der Waals surface area contributed by atoms with Gasteiger partial charge in [0.05, 0.1) is 44.5 Å². The van der Waals surface area contributed by atoms with Crippen molar-refractivity contribution in [1.29, 1.82) is 5.26 Å². The Kier molecular flexibility index (Phi) is 31.3. The fourth-order valence-corrected chi connectivity index (χ4v) is 11.1. The van der Waals surface area contributed by atoms with E-state index >= 15 is 0 Å². The largest absolute Gasteiger partial charge is 2.00 e. The molecule has 0 aliphatic carbocycles. The molecule has 1 saturated heterocycles. The van der Waals surface area contributed by atoms with Crippen molar-refractivity contribution >= 4 is 31.6 Å². The number of aliphatic hydroxyl groups is 1. The maximum atomic E-state index is 12.4. The summed E-state index contributed by atoms with van der Waals surface area (Å²) in [4.78, 5) is 12.4. The van der Waals surface area contributed by atoms with Crippen LogP contribution in [0.2, 0.25) is 36.3 Å². The van der Waals surface area contributed by atoms with Crippen molar-refractivity contribution in [3.63, 3.8) is 0 Å². The Hall–Kier alpha value is 0.0773. The van der Waals surface area contributed by atoms with Gasteiger partial charge in [0.25, 0.3) is 0 Å². The number of nitrogens with zero attached hydrogens (tertiary/aromatic N) is 1. The van der Waals surface area contributed by atoms with Gasteiger partial charge in [-0.15, -0.1) is 0 Å². The molecule has 13 heteroatoms. The van der Waals surface area contributed by atoms with Gasteiger partial charge in [-0.2, -0.15) is 18.1 Å². The molecule has 3 unspecified atom stereocenters. The van der Waals surface area contributed by atoms with E-state index in [4.69, 9.17) is 27.9 Å². The Morgan fingerprint density at radius 2 is 1.33 bits per heavy atom. The molecule has 1 aliphatic rings. The summed E-state index contributed by atoms with van der Waals surface area (Å²) in [6, 6.07) is 7.26. The summed E-state index contributed by atoms with van der Waals surface area (Å²) in [5.41, 5.74) is 0. The number of carbonyl (C=O) groups excluding carboxylic acids is 1. The van der Waals surface area contributed by atoms with Crippen molar-refractivity contribution in [2.45, 2.75) is 148 Å². The molecule has 1 amide bonds. The second-order valence-electron chi connectivity index (χ2n) is 10.4. The second-order valence-corrected chi connectivity index (χ2v) is 20.6. The van der Waals surface area contributed by atoms with Crippen molar-refractivity contribution in [2.24, 2.45) is 0 Å². The van der Waals surface area contributed by atoms with Gasteiger partial charge < -0.3 is 46.9 Å². The molecule has 0 radical (unpaired) electrons. The summed E-state index contributed by atoms with van der Waals surface area (Å²) in [5, 5.41) is 22.2. The molecule has 0 aromatic rings. The van der Waals surface area contributed by atoms with E-state index in [1.807, 2.05) is 19.9 Å². The van der Waals surface area contributed by atoms with Crippen LogP contribution >= 0.6 is 9.03 Å². The van der Waals surface area contributed by atoms with Gasteiger partial charge >= 0.3 is 16.5 Å². The van der Waals surface area contributed by atoms with Gasteiger partial charge in [0.1, 0.15) is 18.3 Å². The van der Waals surface area contributed by atoms with Crippen molar-refractivity contribution in [1.82, 2.24) is 5.32 Å². The predicted octanol–water partition coefficient (Wildman–Crippen LogP) is 6.95. The van der Waals surface area contributed by atoms with Gasteiger partial charge in [-0.1, -0.05) is 55.4 Å². The number of nitriles is 1. The summed E-state index contributed by atoms with van der Waals surface area (Å²) in [5.74, 6) is -0.183. The van der Waals surface area contributed by atoms with Gasteiger partial charge in [0, 0.05) is 6.92 Å². The van der Waals surface area contributed by atoms with Crippen molar-refractivity contribution in [2.75, 3.05) is 19.8 Å². The molecule has 258 valence electrons. The summed E-state index contributed by atoms with van der Waals surface area (Å²) in [6.07, 6.45) is 0.216. The molecule has 9 nitrogen and oxygen atoms in total. The van der Waals surface area contributed by atoms with Crippen LogP contribution < -0.4 is 5.32 Å². The zero-order valence-corrected chi connectivity index (χ0v) is 32.4. The third kappa shape index (κ3) is 17.5. The fourth-order valence-electron chi connectivity index (χ4n) is 4.87. The summed E-state index contributed by atoms with van der Waals surface area (Å²) in [7, 11) is -4.46. The number of hydrogen-bond donors (Lipinski definition) is 2. The quantitative estimate of drug-likeness (QED) is 0.0680. The predicted molar refractivity (Wildman–Crippen MR) is 179 cm³/mol. The van der Waals surface area contributed by atoms with E-state index in [2.05, 4.69) is 60.7 Å². The van der Waals surface area contributed by atoms with E-state index in [-0.39, 0.29) is 44.6 Å². The average molecular weight is 710 g/mol. The minimum absolute atomic E-state index is 0. The molecule has 2 N–H and O–H groups in total. The van der Waals surface area contributed by atoms with Crippen molar-refractivity contribution in [3.8, 4) is 6.07 Å². The number of hydrogen-bond acceptors (Lipinski definition) is 8. The number of carbonyl (C=O) groups is 1. The third-order valence-electron chi connectivity index (χ3n) is 7.66. The van der Waals surface area contributed by atoms with Gasteiger partial charge in [0.15, 0.2) is 25.7 Å². The maximum Gasteiger partial charge on any atom is 2.00 e. The van der Waals surface area contributed by atoms with Crippen molar-refractivity contribution < 1.29 is 49.0 Å². The molecule has 1 fully saturated rings. The Bertz CT molecular complexity index is 698. The molecule has 0 spiro atoms. The standard InChI is InChI=1S/C24H49N2O7PSi2.2C3H7.Ni/c1-8-35(9-2,10-3)32-23-20(17-27)31-21(18-30-34-29-16-14-15-25)22(26-19(7)28)24(23)33-36(11-4,12-5)13-6;2*1-3-2;/h20-24,27,34H,8-14,16-18H2,1-7H3,(H,26,28);2*1,3H2,2H3;/q;2*-1;+2/t20-,21?,22?,23-,24-;;;/m1.../s1. The number of rotatable bonds is 18. The first-order chi connectivity index (χ1) is 20.1. The molecule has 0 bridgehead atoms. The van der Waals surface area contributed by atoms with Crippen LogP contribution in [0.3, 0.4) is 0 Å². The topological polar surface area (TPSA) is 119 Å². The van der Waals surface area contributed by atoms with Gasteiger partial charge in [-0.25, -0.2) is 0 Å². The summed E-state index contributed by atoms with van der Waals surface area (Å²) in [6.45, 7) is 25.8. The molecule has 0 aromatic heterocycles. The zero-order chi connectivity index (χ0) is 32.6. The van der Waals surface area contributed by atoms with Gasteiger partial charge in [-0.3, -0.25) is 4.79 Å². The SMILES string of the molecule is CC[Si](CC)(CC)O[C@H]1[C@H](O[Si](CC)(CC)CC)C(NC(C)=O)C(COPOCCC#N)O[C@@H]1CO.[CH2-]CC.[CH2-]CC.[Ni+2]. The van der Waals surface area contributed by atoms with E-state index < -0.39 is 47.1 Å². The Morgan fingerprint density at radius 1 is 0.884 bits per heavy atom. The van der Waals surface area contributed by atoms with Crippen molar-refractivity contribution in [3.05, 3.63) is 13.8 Å². The minimum atomic E-state index is -2.12. The Morgan fingerprint density at radius 3 is 1.70 bits per heavy atom. The first-order valence-corrected chi connectivity index (χ1v) is 21.8. The zero-order valence-electron chi connectivity index (χ0n) is 28.4. The van der Waals surface area contributed by atoms with Crippen LogP contribution in [0.25, 0.3) is 0 Å². The van der Waals surface area contributed by atoms with Crippen LogP contribution in [0, 0.1) is 25.2 Å².